The molecule has 1 amide bonds. The van der Waals surface area contributed by atoms with Crippen molar-refractivity contribution in [2.75, 3.05) is 13.1 Å². The van der Waals surface area contributed by atoms with Crippen molar-refractivity contribution >= 4 is 23.1 Å². The number of hydrogen-bond acceptors (Lipinski definition) is 2. The van der Waals surface area contributed by atoms with Crippen LogP contribution in [0.25, 0.3) is 0 Å². The summed E-state index contributed by atoms with van der Waals surface area (Å²) in [5.41, 5.74) is 5.26. The van der Waals surface area contributed by atoms with Crippen LogP contribution in [0.4, 0.5) is 0 Å². The molecule has 0 fully saturated rings. The fraction of sp³-hybridized carbons (Fsp3) is 0.846. The highest BCUT2D eigenvalue weighted by Gasteiger charge is 2.41. The maximum atomic E-state index is 12.6. The molecule has 0 rings (SSSR count). The van der Waals surface area contributed by atoms with Crippen LogP contribution in [-0.4, -0.2) is 28.9 Å². The van der Waals surface area contributed by atoms with Gasteiger partial charge in [0.1, 0.15) is 0 Å². The first-order valence-corrected chi connectivity index (χ1v) is 7.00. The number of nitrogens with zero attached hydrogens (tertiary/aromatic N) is 1. The van der Waals surface area contributed by atoms with E-state index in [9.17, 15) is 4.79 Å². The van der Waals surface area contributed by atoms with Crippen molar-refractivity contribution in [1.29, 1.82) is 0 Å². The van der Waals surface area contributed by atoms with Crippen molar-refractivity contribution in [3.63, 3.8) is 0 Å². The average Bonchev–Trinajstić information content (AvgIpc) is 2.29. The first kappa shape index (κ1) is 16.4. The zero-order valence-electron chi connectivity index (χ0n) is 11.6. The molecule has 0 aliphatic rings. The van der Waals surface area contributed by atoms with Crippen molar-refractivity contribution < 1.29 is 4.79 Å². The number of hydrogen-bond donors (Lipinski definition) is 1. The Bertz CT molecular complexity index is 256. The first-order valence-electron chi connectivity index (χ1n) is 6.59. The van der Waals surface area contributed by atoms with Crippen molar-refractivity contribution in [3.8, 4) is 0 Å². The molecule has 0 atom stereocenters. The van der Waals surface area contributed by atoms with Gasteiger partial charge in [0, 0.05) is 13.1 Å². The molecule has 0 saturated heterocycles. The molecule has 0 aliphatic carbocycles. The Kier molecular flexibility index (Phi) is 7.35. The summed E-state index contributed by atoms with van der Waals surface area (Å²) in [6, 6.07) is 0. The van der Waals surface area contributed by atoms with Crippen LogP contribution in [0, 0.1) is 5.41 Å². The molecular formula is C13H26N2OS. The Morgan fingerprint density at radius 3 is 1.76 bits per heavy atom. The molecule has 2 N–H and O–H groups in total. The van der Waals surface area contributed by atoms with Crippen molar-refractivity contribution in [2.24, 2.45) is 11.1 Å². The molecule has 0 aromatic carbocycles. The van der Waals surface area contributed by atoms with Crippen LogP contribution < -0.4 is 5.73 Å². The summed E-state index contributed by atoms with van der Waals surface area (Å²) >= 11 is 5.18. The molecule has 0 heterocycles. The van der Waals surface area contributed by atoms with Crippen LogP contribution in [-0.2, 0) is 4.79 Å². The summed E-state index contributed by atoms with van der Waals surface area (Å²) < 4.78 is 0. The summed E-state index contributed by atoms with van der Waals surface area (Å²) in [7, 11) is 0. The van der Waals surface area contributed by atoms with Gasteiger partial charge in [0.05, 0.1) is 10.4 Å². The predicted molar refractivity (Wildman–Crippen MR) is 77.0 cm³/mol. The second-order valence-corrected chi connectivity index (χ2v) is 4.86. The number of rotatable bonds is 8. The largest absolute Gasteiger partial charge is 0.392 e. The molecule has 0 unspecified atom stereocenters. The lowest BCUT2D eigenvalue weighted by atomic mass is 9.77. The maximum absolute atomic E-state index is 12.6. The molecule has 0 spiro atoms. The van der Waals surface area contributed by atoms with Gasteiger partial charge in [0.2, 0.25) is 5.91 Å². The smallest absolute Gasteiger partial charge is 0.235 e. The van der Waals surface area contributed by atoms with E-state index in [-0.39, 0.29) is 5.91 Å². The van der Waals surface area contributed by atoms with Gasteiger partial charge in [0.25, 0.3) is 0 Å². The Morgan fingerprint density at radius 2 is 1.53 bits per heavy atom. The van der Waals surface area contributed by atoms with Gasteiger partial charge in [-0.25, -0.2) is 0 Å². The third kappa shape index (κ3) is 3.66. The molecule has 17 heavy (non-hydrogen) atoms. The predicted octanol–water partition coefficient (Wildman–Crippen LogP) is 2.73. The van der Waals surface area contributed by atoms with E-state index in [0.717, 1.165) is 25.7 Å². The zero-order chi connectivity index (χ0) is 13.5. The standard InChI is InChI=1S/C13H26N2OS/c1-5-9-13(10-6-2,11(14)17)12(16)15(7-3)8-4/h5-10H2,1-4H3,(H2,14,17). The van der Waals surface area contributed by atoms with Crippen molar-refractivity contribution in [2.45, 2.75) is 53.4 Å². The van der Waals surface area contributed by atoms with Crippen LogP contribution in [0.1, 0.15) is 53.4 Å². The molecule has 0 radical (unpaired) electrons. The van der Waals surface area contributed by atoms with Crippen LogP contribution >= 0.6 is 12.2 Å². The van der Waals surface area contributed by atoms with Crippen LogP contribution in [0.5, 0.6) is 0 Å². The number of carbonyl (C=O) groups is 1. The Labute approximate surface area is 111 Å². The van der Waals surface area contributed by atoms with Gasteiger partial charge in [-0.1, -0.05) is 38.9 Å². The van der Waals surface area contributed by atoms with Crippen LogP contribution in [0.2, 0.25) is 0 Å². The summed E-state index contributed by atoms with van der Waals surface area (Å²) in [5, 5.41) is 0. The van der Waals surface area contributed by atoms with Gasteiger partial charge >= 0.3 is 0 Å². The quantitative estimate of drug-likeness (QED) is 0.681. The van der Waals surface area contributed by atoms with E-state index in [0.29, 0.717) is 18.1 Å². The number of carbonyl (C=O) groups excluding carboxylic acids is 1. The number of amides is 1. The lowest BCUT2D eigenvalue weighted by Gasteiger charge is -2.35. The molecule has 0 saturated carbocycles. The van der Waals surface area contributed by atoms with Crippen LogP contribution in [0.15, 0.2) is 0 Å². The van der Waals surface area contributed by atoms with Gasteiger partial charge in [-0.2, -0.15) is 0 Å². The molecule has 0 aromatic heterocycles. The fourth-order valence-corrected chi connectivity index (χ4v) is 2.65. The maximum Gasteiger partial charge on any atom is 0.235 e. The monoisotopic (exact) mass is 258 g/mol. The van der Waals surface area contributed by atoms with Crippen LogP contribution in [0.3, 0.4) is 0 Å². The van der Waals surface area contributed by atoms with E-state index in [1.807, 2.05) is 18.7 Å². The van der Waals surface area contributed by atoms with Gasteiger partial charge in [-0.15, -0.1) is 0 Å². The second kappa shape index (κ2) is 7.64. The minimum atomic E-state index is -0.620. The van der Waals surface area contributed by atoms with E-state index in [1.54, 1.807) is 0 Å². The van der Waals surface area contributed by atoms with Crippen molar-refractivity contribution in [3.05, 3.63) is 0 Å². The van der Waals surface area contributed by atoms with Crippen molar-refractivity contribution in [1.82, 2.24) is 4.90 Å². The van der Waals surface area contributed by atoms with E-state index in [1.165, 1.54) is 0 Å². The van der Waals surface area contributed by atoms with E-state index >= 15 is 0 Å². The Hall–Kier alpha value is -0.640. The summed E-state index contributed by atoms with van der Waals surface area (Å²) in [6.07, 6.45) is 3.35. The first-order chi connectivity index (χ1) is 7.99. The van der Waals surface area contributed by atoms with Gasteiger partial charge in [-0.3, -0.25) is 4.79 Å². The fourth-order valence-electron chi connectivity index (χ4n) is 2.36. The summed E-state index contributed by atoms with van der Waals surface area (Å²) in [6.45, 7) is 9.55. The molecule has 4 heteroatoms. The lowest BCUT2D eigenvalue weighted by molar-refractivity contribution is -0.138. The molecule has 100 valence electrons. The third-order valence-electron chi connectivity index (χ3n) is 3.29. The molecule has 0 aliphatic heterocycles. The highest BCUT2D eigenvalue weighted by atomic mass is 32.1. The zero-order valence-corrected chi connectivity index (χ0v) is 12.4. The summed E-state index contributed by atoms with van der Waals surface area (Å²) in [4.78, 5) is 14.8. The Morgan fingerprint density at radius 1 is 1.12 bits per heavy atom. The lowest BCUT2D eigenvalue weighted by Crippen LogP contribution is -2.50. The Balaban J connectivity index is 5.25. The number of thiocarbonyl (C=S) groups is 1. The minimum absolute atomic E-state index is 0.110. The molecule has 0 bridgehead atoms. The number of nitrogens with two attached hydrogens (primary N) is 1. The van der Waals surface area contributed by atoms with E-state index < -0.39 is 5.41 Å². The van der Waals surface area contributed by atoms with E-state index in [2.05, 4.69) is 13.8 Å². The molecule has 3 nitrogen and oxygen atoms in total. The van der Waals surface area contributed by atoms with Gasteiger partial charge < -0.3 is 10.6 Å². The molecular weight excluding hydrogens is 232 g/mol. The average molecular weight is 258 g/mol. The topological polar surface area (TPSA) is 46.3 Å². The van der Waals surface area contributed by atoms with E-state index in [4.69, 9.17) is 18.0 Å². The minimum Gasteiger partial charge on any atom is -0.392 e. The third-order valence-corrected chi connectivity index (χ3v) is 3.68. The normalized spacial score (nSPS) is 11.3. The van der Waals surface area contributed by atoms with Gasteiger partial charge in [-0.05, 0) is 26.7 Å². The van der Waals surface area contributed by atoms with Gasteiger partial charge in [0.15, 0.2) is 0 Å². The second-order valence-electron chi connectivity index (χ2n) is 4.42. The highest BCUT2D eigenvalue weighted by Crippen LogP contribution is 2.32. The highest BCUT2D eigenvalue weighted by molar-refractivity contribution is 7.80. The summed E-state index contributed by atoms with van der Waals surface area (Å²) in [5.74, 6) is 0.110. The molecule has 0 aromatic rings. The SMILES string of the molecule is CCCC(CCC)(C(=O)N(CC)CC)C(N)=S.